The van der Waals surface area contributed by atoms with Crippen LogP contribution in [0.4, 0.5) is 10.1 Å². The molecule has 1 heterocycles. The summed E-state index contributed by atoms with van der Waals surface area (Å²) in [5.41, 5.74) is 3.36. The highest BCUT2D eigenvalue weighted by Gasteiger charge is 2.16. The molecule has 6 heteroatoms. The summed E-state index contributed by atoms with van der Waals surface area (Å²) in [5.74, 6) is -0.445. The number of halogens is 1. The topological polar surface area (TPSA) is 51.2 Å². The standard InChI is InChI=1S/C20H19FN2O2S/c1-13-19(20(24)23-17-5-3-4-15(10-17)12-25-2)26-18(22-13)11-14-6-8-16(21)9-7-14/h3-10H,11-12H2,1-2H3,(H,23,24). The number of rotatable bonds is 6. The van der Waals surface area contributed by atoms with Crippen LogP contribution >= 0.6 is 11.3 Å². The molecule has 0 aliphatic carbocycles. The fraction of sp³-hybridized carbons (Fsp3) is 0.200. The van der Waals surface area contributed by atoms with Gasteiger partial charge >= 0.3 is 0 Å². The number of carbonyl (C=O) groups is 1. The van der Waals surface area contributed by atoms with Crippen LogP contribution in [0.1, 0.15) is 31.5 Å². The lowest BCUT2D eigenvalue weighted by molar-refractivity contribution is 0.102. The molecule has 4 nitrogen and oxygen atoms in total. The van der Waals surface area contributed by atoms with Gasteiger partial charge < -0.3 is 10.1 Å². The van der Waals surface area contributed by atoms with E-state index in [-0.39, 0.29) is 11.7 Å². The van der Waals surface area contributed by atoms with E-state index < -0.39 is 0 Å². The number of hydrogen-bond donors (Lipinski definition) is 1. The Kier molecular flexibility index (Phi) is 5.75. The first-order valence-corrected chi connectivity index (χ1v) is 8.97. The predicted octanol–water partition coefficient (Wildman–Crippen LogP) is 4.58. The second-order valence-corrected chi connectivity index (χ2v) is 7.00. The first-order valence-electron chi connectivity index (χ1n) is 8.15. The molecule has 0 saturated carbocycles. The van der Waals surface area contributed by atoms with Crippen LogP contribution in [-0.4, -0.2) is 18.0 Å². The third-order valence-corrected chi connectivity index (χ3v) is 4.97. The van der Waals surface area contributed by atoms with Gasteiger partial charge in [0.15, 0.2) is 0 Å². The van der Waals surface area contributed by atoms with Crippen molar-refractivity contribution in [3.63, 3.8) is 0 Å². The number of nitrogens with zero attached hydrogens (tertiary/aromatic N) is 1. The van der Waals surface area contributed by atoms with Gasteiger partial charge in [0.25, 0.3) is 5.91 Å². The zero-order chi connectivity index (χ0) is 18.5. The zero-order valence-electron chi connectivity index (χ0n) is 14.6. The maximum Gasteiger partial charge on any atom is 0.267 e. The third kappa shape index (κ3) is 4.53. The van der Waals surface area contributed by atoms with Crippen molar-refractivity contribution in [3.8, 4) is 0 Å². The molecule has 0 spiro atoms. The van der Waals surface area contributed by atoms with Crippen LogP contribution in [-0.2, 0) is 17.8 Å². The number of methoxy groups -OCH3 is 1. The summed E-state index contributed by atoms with van der Waals surface area (Å²) in [6.45, 7) is 2.31. The maximum atomic E-state index is 13.0. The molecule has 0 radical (unpaired) electrons. The van der Waals surface area contributed by atoms with E-state index in [1.807, 2.05) is 31.2 Å². The summed E-state index contributed by atoms with van der Waals surface area (Å²) in [5, 5.41) is 3.74. The molecule has 0 aliphatic rings. The molecule has 0 saturated heterocycles. The number of hydrogen-bond acceptors (Lipinski definition) is 4. The van der Waals surface area contributed by atoms with Crippen molar-refractivity contribution >= 4 is 22.9 Å². The van der Waals surface area contributed by atoms with E-state index in [0.717, 1.165) is 21.8 Å². The Labute approximate surface area is 155 Å². The van der Waals surface area contributed by atoms with Gasteiger partial charge in [0.05, 0.1) is 17.3 Å². The van der Waals surface area contributed by atoms with Crippen LogP contribution in [0.5, 0.6) is 0 Å². The van der Waals surface area contributed by atoms with Gasteiger partial charge in [-0.25, -0.2) is 9.37 Å². The summed E-state index contributed by atoms with van der Waals surface area (Å²) >= 11 is 1.36. The molecule has 1 amide bonds. The minimum absolute atomic E-state index is 0.181. The highest BCUT2D eigenvalue weighted by molar-refractivity contribution is 7.14. The van der Waals surface area contributed by atoms with Crippen molar-refractivity contribution in [1.82, 2.24) is 4.98 Å². The smallest absolute Gasteiger partial charge is 0.267 e. The molecular weight excluding hydrogens is 351 g/mol. The molecule has 1 aromatic heterocycles. The molecule has 2 aromatic carbocycles. The van der Waals surface area contributed by atoms with Crippen LogP contribution in [0.25, 0.3) is 0 Å². The molecule has 0 atom stereocenters. The lowest BCUT2D eigenvalue weighted by Gasteiger charge is -2.06. The fourth-order valence-electron chi connectivity index (χ4n) is 2.61. The SMILES string of the molecule is COCc1cccc(NC(=O)c2sc(Cc3ccc(F)cc3)nc2C)c1. The number of thiazole rings is 1. The number of amides is 1. The Hall–Kier alpha value is -2.57. The Balaban J connectivity index is 1.72. The van der Waals surface area contributed by atoms with Crippen LogP contribution < -0.4 is 5.32 Å². The Morgan fingerprint density at radius 2 is 1.96 bits per heavy atom. The normalized spacial score (nSPS) is 10.7. The molecule has 0 bridgehead atoms. The van der Waals surface area contributed by atoms with Crippen molar-refractivity contribution in [3.05, 3.63) is 81.1 Å². The Morgan fingerprint density at radius 1 is 1.19 bits per heavy atom. The van der Waals surface area contributed by atoms with Gasteiger partial charge in [0.1, 0.15) is 10.7 Å². The molecule has 0 aliphatic heterocycles. The third-order valence-electron chi connectivity index (χ3n) is 3.81. The predicted molar refractivity (Wildman–Crippen MR) is 101 cm³/mol. The quantitative estimate of drug-likeness (QED) is 0.691. The minimum atomic E-state index is -0.264. The Morgan fingerprint density at radius 3 is 2.69 bits per heavy atom. The number of nitrogens with one attached hydrogen (secondary N) is 1. The summed E-state index contributed by atoms with van der Waals surface area (Å²) < 4.78 is 18.1. The van der Waals surface area contributed by atoms with Gasteiger partial charge in [-0.1, -0.05) is 24.3 Å². The number of aryl methyl sites for hydroxylation is 1. The molecule has 3 aromatic rings. The van der Waals surface area contributed by atoms with Gasteiger partial charge in [-0.05, 0) is 42.3 Å². The first kappa shape index (κ1) is 18.2. The highest BCUT2D eigenvalue weighted by atomic mass is 32.1. The van der Waals surface area contributed by atoms with Gasteiger partial charge in [-0.2, -0.15) is 0 Å². The van der Waals surface area contributed by atoms with E-state index >= 15 is 0 Å². The van der Waals surface area contributed by atoms with E-state index in [0.29, 0.717) is 23.6 Å². The van der Waals surface area contributed by atoms with Gasteiger partial charge in [-0.3, -0.25) is 4.79 Å². The number of benzene rings is 2. The van der Waals surface area contributed by atoms with Crippen molar-refractivity contribution in [2.75, 3.05) is 12.4 Å². The average Bonchev–Trinajstić information content (AvgIpc) is 2.98. The van der Waals surface area contributed by atoms with Crippen molar-refractivity contribution in [2.45, 2.75) is 20.0 Å². The average molecular weight is 370 g/mol. The molecular formula is C20H19FN2O2S. The van der Waals surface area contributed by atoms with Gasteiger partial charge in [-0.15, -0.1) is 11.3 Å². The zero-order valence-corrected chi connectivity index (χ0v) is 15.4. The van der Waals surface area contributed by atoms with E-state index in [2.05, 4.69) is 10.3 Å². The second kappa shape index (κ2) is 8.21. The lowest BCUT2D eigenvalue weighted by atomic mass is 10.1. The fourth-order valence-corrected chi connectivity index (χ4v) is 3.60. The van der Waals surface area contributed by atoms with Crippen molar-refractivity contribution in [2.24, 2.45) is 0 Å². The first-order chi connectivity index (χ1) is 12.5. The molecule has 26 heavy (non-hydrogen) atoms. The monoisotopic (exact) mass is 370 g/mol. The van der Waals surface area contributed by atoms with Gasteiger partial charge in [0.2, 0.25) is 0 Å². The number of ether oxygens (including phenoxy) is 1. The number of anilines is 1. The molecule has 134 valence electrons. The van der Waals surface area contributed by atoms with E-state index in [1.165, 1.54) is 23.5 Å². The largest absolute Gasteiger partial charge is 0.380 e. The summed E-state index contributed by atoms with van der Waals surface area (Å²) in [4.78, 5) is 17.7. The van der Waals surface area contributed by atoms with E-state index in [4.69, 9.17) is 4.74 Å². The summed E-state index contributed by atoms with van der Waals surface area (Å²) in [7, 11) is 1.63. The number of aromatic nitrogens is 1. The van der Waals surface area contributed by atoms with E-state index in [9.17, 15) is 9.18 Å². The van der Waals surface area contributed by atoms with Crippen LogP contribution in [0.15, 0.2) is 48.5 Å². The Bertz CT molecular complexity index is 906. The van der Waals surface area contributed by atoms with Crippen molar-refractivity contribution in [1.29, 1.82) is 0 Å². The molecule has 3 rings (SSSR count). The molecule has 0 unspecified atom stereocenters. The van der Waals surface area contributed by atoms with Crippen LogP contribution in [0, 0.1) is 12.7 Å². The molecule has 0 fully saturated rings. The lowest BCUT2D eigenvalue weighted by Crippen LogP contribution is -2.11. The minimum Gasteiger partial charge on any atom is -0.380 e. The van der Waals surface area contributed by atoms with Crippen LogP contribution in [0.3, 0.4) is 0 Å². The van der Waals surface area contributed by atoms with Gasteiger partial charge in [0, 0.05) is 19.2 Å². The molecule has 1 N–H and O–H groups in total. The van der Waals surface area contributed by atoms with E-state index in [1.54, 1.807) is 19.2 Å². The maximum absolute atomic E-state index is 13.0. The van der Waals surface area contributed by atoms with Crippen molar-refractivity contribution < 1.29 is 13.9 Å². The highest BCUT2D eigenvalue weighted by Crippen LogP contribution is 2.23. The van der Waals surface area contributed by atoms with Crippen LogP contribution in [0.2, 0.25) is 0 Å². The summed E-state index contributed by atoms with van der Waals surface area (Å²) in [6, 6.07) is 13.9. The second-order valence-electron chi connectivity index (χ2n) is 5.91. The number of carbonyl (C=O) groups excluding carboxylic acids is 1. The summed E-state index contributed by atoms with van der Waals surface area (Å²) in [6.07, 6.45) is 0.572.